The van der Waals surface area contributed by atoms with E-state index in [0.717, 1.165) is 32.1 Å². The second-order valence-electron chi connectivity index (χ2n) is 6.20. The van der Waals surface area contributed by atoms with E-state index in [0.29, 0.717) is 19.6 Å². The SMILES string of the molecule is CCOCc1ccc(CNC(=NC)NC2CCN(C(=O)CC)C2)cc1.I. The molecule has 0 radical (unpaired) electrons. The largest absolute Gasteiger partial charge is 0.377 e. The molecule has 0 spiro atoms. The van der Waals surface area contributed by atoms with Crippen molar-refractivity contribution in [2.45, 2.75) is 45.9 Å². The topological polar surface area (TPSA) is 66.0 Å². The molecular formula is C19H31IN4O2. The molecule has 1 aliphatic heterocycles. The highest BCUT2D eigenvalue weighted by molar-refractivity contribution is 14.0. The molecule has 1 fully saturated rings. The molecule has 2 rings (SSSR count). The van der Waals surface area contributed by atoms with E-state index >= 15 is 0 Å². The van der Waals surface area contributed by atoms with E-state index in [4.69, 9.17) is 4.74 Å². The van der Waals surface area contributed by atoms with Crippen molar-refractivity contribution in [3.05, 3.63) is 35.4 Å². The van der Waals surface area contributed by atoms with Crippen molar-refractivity contribution in [2.75, 3.05) is 26.7 Å². The molecule has 2 N–H and O–H groups in total. The number of ether oxygens (including phenoxy) is 1. The molecule has 1 atom stereocenters. The van der Waals surface area contributed by atoms with Gasteiger partial charge in [0.25, 0.3) is 0 Å². The quantitative estimate of drug-likeness (QED) is 0.362. The minimum Gasteiger partial charge on any atom is -0.377 e. The van der Waals surface area contributed by atoms with Crippen LogP contribution >= 0.6 is 24.0 Å². The maximum Gasteiger partial charge on any atom is 0.222 e. The van der Waals surface area contributed by atoms with Crippen molar-refractivity contribution in [1.29, 1.82) is 0 Å². The van der Waals surface area contributed by atoms with Crippen LogP contribution < -0.4 is 10.6 Å². The molecule has 1 aromatic rings. The van der Waals surface area contributed by atoms with Crippen molar-refractivity contribution in [1.82, 2.24) is 15.5 Å². The summed E-state index contributed by atoms with van der Waals surface area (Å²) >= 11 is 0. The van der Waals surface area contributed by atoms with Crippen LogP contribution in [0.15, 0.2) is 29.3 Å². The van der Waals surface area contributed by atoms with Gasteiger partial charge in [-0.15, -0.1) is 24.0 Å². The van der Waals surface area contributed by atoms with Crippen LogP contribution in [-0.4, -0.2) is 49.6 Å². The van der Waals surface area contributed by atoms with E-state index < -0.39 is 0 Å². The van der Waals surface area contributed by atoms with Crippen LogP contribution in [0.5, 0.6) is 0 Å². The number of nitrogens with zero attached hydrogens (tertiary/aromatic N) is 2. The first-order chi connectivity index (χ1) is 12.2. The van der Waals surface area contributed by atoms with E-state index in [2.05, 4.69) is 39.9 Å². The Morgan fingerprint density at radius 2 is 1.96 bits per heavy atom. The van der Waals surface area contributed by atoms with Gasteiger partial charge in [-0.3, -0.25) is 9.79 Å². The van der Waals surface area contributed by atoms with Crippen molar-refractivity contribution in [3.8, 4) is 0 Å². The maximum absolute atomic E-state index is 11.8. The Hall–Kier alpha value is -1.35. The third-order valence-electron chi connectivity index (χ3n) is 4.36. The third-order valence-corrected chi connectivity index (χ3v) is 4.36. The van der Waals surface area contributed by atoms with E-state index in [-0.39, 0.29) is 35.9 Å². The van der Waals surface area contributed by atoms with E-state index in [1.807, 2.05) is 18.7 Å². The summed E-state index contributed by atoms with van der Waals surface area (Å²) in [4.78, 5) is 18.0. The monoisotopic (exact) mass is 474 g/mol. The number of amides is 1. The molecule has 6 nitrogen and oxygen atoms in total. The summed E-state index contributed by atoms with van der Waals surface area (Å²) in [5, 5.41) is 6.75. The predicted octanol–water partition coefficient (Wildman–Crippen LogP) is 2.52. The molecule has 7 heteroatoms. The third kappa shape index (κ3) is 7.11. The zero-order valence-electron chi connectivity index (χ0n) is 16.0. The second-order valence-corrected chi connectivity index (χ2v) is 6.20. The highest BCUT2D eigenvalue weighted by Crippen LogP contribution is 2.10. The number of guanidine groups is 1. The van der Waals surface area contributed by atoms with Gasteiger partial charge in [0.2, 0.25) is 5.91 Å². The lowest BCUT2D eigenvalue weighted by molar-refractivity contribution is -0.129. The Bertz CT molecular complexity index is 577. The van der Waals surface area contributed by atoms with Crippen molar-refractivity contribution in [3.63, 3.8) is 0 Å². The summed E-state index contributed by atoms with van der Waals surface area (Å²) in [5.74, 6) is 0.994. The number of halogens is 1. The summed E-state index contributed by atoms with van der Waals surface area (Å²) in [6, 6.07) is 8.65. The van der Waals surface area contributed by atoms with E-state index in [9.17, 15) is 4.79 Å². The number of hydrogen-bond donors (Lipinski definition) is 2. The van der Waals surface area contributed by atoms with Crippen LogP contribution in [-0.2, 0) is 22.7 Å². The number of hydrogen-bond acceptors (Lipinski definition) is 3. The molecule has 146 valence electrons. The summed E-state index contributed by atoms with van der Waals surface area (Å²) in [6.45, 7) is 7.57. The Labute approximate surface area is 173 Å². The summed E-state index contributed by atoms with van der Waals surface area (Å²) in [6.07, 6.45) is 1.53. The van der Waals surface area contributed by atoms with Crippen LogP contribution in [0.1, 0.15) is 37.8 Å². The Morgan fingerprint density at radius 3 is 2.58 bits per heavy atom. The van der Waals surface area contributed by atoms with Gasteiger partial charge in [0, 0.05) is 45.8 Å². The average molecular weight is 474 g/mol. The molecule has 1 unspecified atom stereocenters. The first-order valence-corrected chi connectivity index (χ1v) is 9.06. The highest BCUT2D eigenvalue weighted by atomic mass is 127. The predicted molar refractivity (Wildman–Crippen MR) is 116 cm³/mol. The summed E-state index contributed by atoms with van der Waals surface area (Å²) < 4.78 is 5.41. The zero-order valence-corrected chi connectivity index (χ0v) is 18.3. The minimum absolute atomic E-state index is 0. The Morgan fingerprint density at radius 1 is 1.27 bits per heavy atom. The van der Waals surface area contributed by atoms with Gasteiger partial charge < -0.3 is 20.3 Å². The molecule has 0 saturated carbocycles. The lowest BCUT2D eigenvalue weighted by atomic mass is 10.1. The lowest BCUT2D eigenvalue weighted by Gasteiger charge is -2.18. The van der Waals surface area contributed by atoms with Gasteiger partial charge in [-0.25, -0.2) is 0 Å². The van der Waals surface area contributed by atoms with E-state index in [1.165, 1.54) is 11.1 Å². The van der Waals surface area contributed by atoms with Crippen LogP contribution in [0, 0.1) is 0 Å². The maximum atomic E-state index is 11.8. The fourth-order valence-corrected chi connectivity index (χ4v) is 2.88. The van der Waals surface area contributed by atoms with Gasteiger partial charge in [-0.05, 0) is 24.5 Å². The fourth-order valence-electron chi connectivity index (χ4n) is 2.88. The van der Waals surface area contributed by atoms with Crippen LogP contribution in [0.3, 0.4) is 0 Å². The first kappa shape index (κ1) is 22.7. The number of nitrogens with one attached hydrogen (secondary N) is 2. The number of carbonyl (C=O) groups is 1. The van der Waals surface area contributed by atoms with E-state index in [1.54, 1.807) is 7.05 Å². The van der Waals surface area contributed by atoms with Gasteiger partial charge in [0.15, 0.2) is 5.96 Å². The lowest BCUT2D eigenvalue weighted by Crippen LogP contribution is -2.44. The molecule has 0 aromatic heterocycles. The highest BCUT2D eigenvalue weighted by Gasteiger charge is 2.25. The van der Waals surface area contributed by atoms with Crippen molar-refractivity contribution in [2.24, 2.45) is 4.99 Å². The molecular weight excluding hydrogens is 443 g/mol. The number of benzene rings is 1. The Kier molecular flexibility index (Phi) is 10.6. The molecule has 0 aliphatic carbocycles. The zero-order chi connectivity index (χ0) is 18.1. The Balaban J connectivity index is 0.00000338. The number of rotatable bonds is 7. The summed E-state index contributed by atoms with van der Waals surface area (Å²) in [7, 11) is 1.77. The van der Waals surface area contributed by atoms with Crippen LogP contribution in [0.4, 0.5) is 0 Å². The first-order valence-electron chi connectivity index (χ1n) is 9.06. The van der Waals surface area contributed by atoms with Crippen LogP contribution in [0.25, 0.3) is 0 Å². The molecule has 1 aromatic carbocycles. The van der Waals surface area contributed by atoms with Gasteiger partial charge in [0.05, 0.1) is 6.61 Å². The van der Waals surface area contributed by atoms with Crippen LogP contribution in [0.2, 0.25) is 0 Å². The minimum atomic E-state index is 0. The molecule has 26 heavy (non-hydrogen) atoms. The molecule has 1 amide bonds. The summed E-state index contributed by atoms with van der Waals surface area (Å²) in [5.41, 5.74) is 2.37. The fraction of sp³-hybridized carbons (Fsp3) is 0.579. The second kappa shape index (κ2) is 12.1. The molecule has 0 bridgehead atoms. The standard InChI is InChI=1S/C19H30N4O2.HI/c1-4-18(24)23-11-10-17(13-23)22-19(20-3)21-12-15-6-8-16(9-7-15)14-25-5-2;/h6-9,17H,4-5,10-14H2,1-3H3,(H2,20,21,22);1H. The number of aliphatic imine (C=N–C) groups is 1. The molecule has 1 aliphatic rings. The average Bonchev–Trinajstić information content (AvgIpc) is 3.12. The normalized spacial score (nSPS) is 17.0. The molecule has 1 heterocycles. The van der Waals surface area contributed by atoms with Gasteiger partial charge >= 0.3 is 0 Å². The smallest absolute Gasteiger partial charge is 0.222 e. The van der Waals surface area contributed by atoms with Gasteiger partial charge in [0.1, 0.15) is 0 Å². The van der Waals surface area contributed by atoms with Crippen molar-refractivity contribution >= 4 is 35.8 Å². The number of likely N-dealkylation sites (tertiary alicyclic amines) is 1. The van der Waals surface area contributed by atoms with Gasteiger partial charge in [-0.2, -0.15) is 0 Å². The van der Waals surface area contributed by atoms with Crippen molar-refractivity contribution < 1.29 is 9.53 Å². The van der Waals surface area contributed by atoms with Gasteiger partial charge in [-0.1, -0.05) is 31.2 Å². The molecule has 1 saturated heterocycles. The number of carbonyl (C=O) groups excluding carboxylic acids is 1.